The van der Waals surface area contributed by atoms with E-state index < -0.39 is 6.10 Å². The lowest BCUT2D eigenvalue weighted by Crippen LogP contribution is -2.21. The van der Waals surface area contributed by atoms with E-state index in [4.69, 9.17) is 9.47 Å². The topological polar surface area (TPSA) is 38.7 Å². The zero-order valence-corrected chi connectivity index (χ0v) is 12.8. The van der Waals surface area contributed by atoms with Crippen LogP contribution in [0.5, 0.6) is 0 Å². The summed E-state index contributed by atoms with van der Waals surface area (Å²) < 4.78 is 11.1. The molecule has 112 valence electrons. The molecule has 1 aliphatic rings. The van der Waals surface area contributed by atoms with E-state index in [9.17, 15) is 5.11 Å². The van der Waals surface area contributed by atoms with Gasteiger partial charge in [-0.2, -0.15) is 0 Å². The molecule has 3 heteroatoms. The largest absolute Gasteiger partial charge is 0.386 e. The van der Waals surface area contributed by atoms with E-state index in [-0.39, 0.29) is 0 Å². The van der Waals surface area contributed by atoms with Gasteiger partial charge in [-0.25, -0.2) is 0 Å². The maximum Gasteiger partial charge on any atom is 0.103 e. The highest BCUT2D eigenvalue weighted by atomic mass is 16.5. The molecule has 1 atom stereocenters. The third-order valence-corrected chi connectivity index (χ3v) is 4.04. The second kappa shape index (κ2) is 7.21. The second-order valence-corrected chi connectivity index (χ2v) is 5.92. The fraction of sp³-hybridized carbons (Fsp3) is 0.647. The molecule has 1 fully saturated rings. The Morgan fingerprint density at radius 1 is 1.20 bits per heavy atom. The smallest absolute Gasteiger partial charge is 0.103 e. The maximum atomic E-state index is 10.4. The lowest BCUT2D eigenvalue weighted by atomic mass is 9.96. The first-order valence-corrected chi connectivity index (χ1v) is 7.49. The Morgan fingerprint density at radius 3 is 2.40 bits per heavy atom. The van der Waals surface area contributed by atoms with Gasteiger partial charge in [0.2, 0.25) is 0 Å². The van der Waals surface area contributed by atoms with Gasteiger partial charge in [-0.15, -0.1) is 0 Å². The van der Waals surface area contributed by atoms with Crippen molar-refractivity contribution in [3.05, 3.63) is 34.4 Å². The van der Waals surface area contributed by atoms with Gasteiger partial charge in [0.15, 0.2) is 0 Å². The van der Waals surface area contributed by atoms with Crippen LogP contribution in [0.4, 0.5) is 0 Å². The third-order valence-electron chi connectivity index (χ3n) is 4.04. The van der Waals surface area contributed by atoms with Crippen molar-refractivity contribution in [2.24, 2.45) is 5.92 Å². The Balaban J connectivity index is 1.86. The summed E-state index contributed by atoms with van der Waals surface area (Å²) >= 11 is 0. The summed E-state index contributed by atoms with van der Waals surface area (Å²) in [5.74, 6) is 0.580. The number of rotatable bonds is 5. The molecule has 3 nitrogen and oxygen atoms in total. The van der Waals surface area contributed by atoms with E-state index in [0.717, 1.165) is 49.4 Å². The van der Waals surface area contributed by atoms with Gasteiger partial charge < -0.3 is 14.6 Å². The number of aliphatic hydroxyl groups excluding tert-OH is 1. The maximum absolute atomic E-state index is 10.4. The molecule has 2 rings (SSSR count). The van der Waals surface area contributed by atoms with Crippen LogP contribution in [0.1, 0.15) is 41.2 Å². The van der Waals surface area contributed by atoms with E-state index in [0.29, 0.717) is 12.5 Å². The summed E-state index contributed by atoms with van der Waals surface area (Å²) in [5.41, 5.74) is 4.54. The van der Waals surface area contributed by atoms with E-state index in [1.165, 1.54) is 5.56 Å². The summed E-state index contributed by atoms with van der Waals surface area (Å²) in [4.78, 5) is 0. The fourth-order valence-corrected chi connectivity index (χ4v) is 3.06. The lowest BCUT2D eigenvalue weighted by Gasteiger charge is -2.23. The third kappa shape index (κ3) is 4.05. The summed E-state index contributed by atoms with van der Waals surface area (Å²) in [6, 6.07) is 4.23. The van der Waals surface area contributed by atoms with Crippen LogP contribution in [0.3, 0.4) is 0 Å². The Kier molecular flexibility index (Phi) is 5.58. The first-order chi connectivity index (χ1) is 9.58. The molecule has 1 saturated heterocycles. The predicted molar refractivity (Wildman–Crippen MR) is 80.0 cm³/mol. The molecule has 0 spiro atoms. The molecular formula is C17H26O3. The molecule has 1 heterocycles. The van der Waals surface area contributed by atoms with Crippen LogP contribution in [-0.4, -0.2) is 31.5 Å². The Bertz CT molecular complexity index is 413. The molecule has 0 saturated carbocycles. The van der Waals surface area contributed by atoms with Crippen LogP contribution in [0.2, 0.25) is 0 Å². The molecular weight excluding hydrogens is 252 g/mol. The minimum absolute atomic E-state index is 0.377. The van der Waals surface area contributed by atoms with Crippen molar-refractivity contribution >= 4 is 0 Å². The van der Waals surface area contributed by atoms with Gasteiger partial charge in [-0.3, -0.25) is 0 Å². The van der Waals surface area contributed by atoms with Crippen LogP contribution in [0, 0.1) is 26.7 Å². The molecule has 0 amide bonds. The molecule has 1 aromatic rings. The van der Waals surface area contributed by atoms with Crippen LogP contribution in [0.25, 0.3) is 0 Å². The van der Waals surface area contributed by atoms with Crippen molar-refractivity contribution in [1.82, 2.24) is 0 Å². The fourth-order valence-electron chi connectivity index (χ4n) is 3.06. The summed E-state index contributed by atoms with van der Waals surface area (Å²) in [6.07, 6.45) is 1.60. The first kappa shape index (κ1) is 15.5. The van der Waals surface area contributed by atoms with Crippen molar-refractivity contribution in [2.75, 3.05) is 26.4 Å². The number of hydrogen-bond acceptors (Lipinski definition) is 3. The predicted octanol–water partition coefficient (Wildman–Crippen LogP) is 3.09. The first-order valence-electron chi connectivity index (χ1n) is 7.49. The van der Waals surface area contributed by atoms with Crippen LogP contribution in [-0.2, 0) is 9.47 Å². The number of aliphatic hydroxyl groups is 1. The van der Waals surface area contributed by atoms with Gasteiger partial charge in [-0.05, 0) is 56.2 Å². The lowest BCUT2D eigenvalue weighted by molar-refractivity contribution is -0.00993. The number of hydrogen-bond donors (Lipinski definition) is 1. The second-order valence-electron chi connectivity index (χ2n) is 5.92. The highest BCUT2D eigenvalue weighted by Gasteiger charge is 2.17. The Labute approximate surface area is 121 Å². The van der Waals surface area contributed by atoms with Crippen LogP contribution >= 0.6 is 0 Å². The molecule has 0 radical (unpaired) electrons. The summed E-state index contributed by atoms with van der Waals surface area (Å²) in [5, 5.41) is 10.4. The van der Waals surface area contributed by atoms with Gasteiger partial charge in [-0.1, -0.05) is 17.7 Å². The quantitative estimate of drug-likeness (QED) is 0.899. The molecule has 0 aliphatic carbocycles. The Morgan fingerprint density at radius 2 is 1.80 bits per heavy atom. The molecule has 20 heavy (non-hydrogen) atoms. The number of ether oxygens (including phenoxy) is 2. The van der Waals surface area contributed by atoms with E-state index >= 15 is 0 Å². The highest BCUT2D eigenvalue weighted by Crippen LogP contribution is 2.24. The van der Waals surface area contributed by atoms with Gasteiger partial charge in [0.25, 0.3) is 0 Å². The minimum Gasteiger partial charge on any atom is -0.386 e. The van der Waals surface area contributed by atoms with Gasteiger partial charge >= 0.3 is 0 Å². The molecule has 1 aromatic carbocycles. The Hall–Kier alpha value is -0.900. The van der Waals surface area contributed by atoms with E-state index in [1.807, 2.05) is 0 Å². The van der Waals surface area contributed by atoms with Crippen molar-refractivity contribution in [3.63, 3.8) is 0 Å². The van der Waals surface area contributed by atoms with E-state index in [2.05, 4.69) is 32.9 Å². The zero-order valence-electron chi connectivity index (χ0n) is 12.8. The minimum atomic E-state index is -0.532. The van der Waals surface area contributed by atoms with Crippen LogP contribution in [0.15, 0.2) is 12.1 Å². The highest BCUT2D eigenvalue weighted by molar-refractivity contribution is 5.38. The van der Waals surface area contributed by atoms with Gasteiger partial charge in [0.1, 0.15) is 6.10 Å². The number of benzene rings is 1. The van der Waals surface area contributed by atoms with Crippen molar-refractivity contribution in [1.29, 1.82) is 0 Å². The summed E-state index contributed by atoms with van der Waals surface area (Å²) in [7, 11) is 0. The zero-order chi connectivity index (χ0) is 14.5. The standard InChI is InChI=1S/C17H26O3/c1-12-8-13(2)17(14(3)9-12)16(18)11-20-10-15-4-6-19-7-5-15/h8-9,15-16,18H,4-7,10-11H2,1-3H3. The average molecular weight is 278 g/mol. The molecule has 1 aliphatic heterocycles. The van der Waals surface area contributed by atoms with Gasteiger partial charge in [0, 0.05) is 19.8 Å². The monoisotopic (exact) mass is 278 g/mol. The SMILES string of the molecule is Cc1cc(C)c(C(O)COCC2CCOCC2)c(C)c1. The van der Waals surface area contributed by atoms with Crippen molar-refractivity contribution < 1.29 is 14.6 Å². The molecule has 0 bridgehead atoms. The molecule has 1 N–H and O–H groups in total. The van der Waals surface area contributed by atoms with Crippen LogP contribution < -0.4 is 0 Å². The number of aryl methyl sites for hydroxylation is 3. The van der Waals surface area contributed by atoms with Gasteiger partial charge in [0.05, 0.1) is 6.61 Å². The van der Waals surface area contributed by atoms with Crippen molar-refractivity contribution in [3.8, 4) is 0 Å². The molecule has 1 unspecified atom stereocenters. The molecule has 0 aromatic heterocycles. The van der Waals surface area contributed by atoms with Crippen molar-refractivity contribution in [2.45, 2.75) is 39.7 Å². The van der Waals surface area contributed by atoms with E-state index in [1.54, 1.807) is 0 Å². The normalized spacial score (nSPS) is 18.2. The summed E-state index contributed by atoms with van der Waals surface area (Å²) in [6.45, 7) is 8.97. The average Bonchev–Trinajstić information content (AvgIpc) is 2.38.